The fraction of sp³-hybridized carbons (Fsp3) is 0.0909. The standard InChI is InChI=1S/C11H8FN3/c12-11-5-9(1-2-10(11)6-13)7-15-4-3-14-8-15/h1-5,8H,7H2. The molecule has 1 aromatic heterocycles. The van der Waals surface area contributed by atoms with Crippen molar-refractivity contribution in [3.8, 4) is 6.07 Å². The van der Waals surface area contributed by atoms with Crippen LogP contribution in [0.5, 0.6) is 0 Å². The van der Waals surface area contributed by atoms with Crippen molar-refractivity contribution < 1.29 is 4.39 Å². The van der Waals surface area contributed by atoms with Gasteiger partial charge in [-0.15, -0.1) is 0 Å². The lowest BCUT2D eigenvalue weighted by atomic mass is 10.1. The third kappa shape index (κ3) is 2.02. The van der Waals surface area contributed by atoms with Crippen molar-refractivity contribution in [1.82, 2.24) is 9.55 Å². The predicted octanol–water partition coefficient (Wildman–Crippen LogP) is 1.94. The highest BCUT2D eigenvalue weighted by atomic mass is 19.1. The Hall–Kier alpha value is -2.15. The van der Waals surface area contributed by atoms with Crippen LogP contribution < -0.4 is 0 Å². The van der Waals surface area contributed by atoms with Gasteiger partial charge in [0, 0.05) is 18.9 Å². The summed E-state index contributed by atoms with van der Waals surface area (Å²) in [5, 5.41) is 8.56. The van der Waals surface area contributed by atoms with Crippen LogP contribution in [-0.2, 0) is 6.54 Å². The SMILES string of the molecule is N#Cc1ccc(Cn2ccnc2)cc1F. The molecule has 0 aliphatic carbocycles. The van der Waals surface area contributed by atoms with E-state index in [1.54, 1.807) is 30.9 Å². The van der Waals surface area contributed by atoms with Crippen molar-refractivity contribution >= 4 is 0 Å². The van der Waals surface area contributed by atoms with Crippen LogP contribution in [0.15, 0.2) is 36.9 Å². The van der Waals surface area contributed by atoms with Crippen molar-refractivity contribution in [3.05, 3.63) is 53.9 Å². The molecule has 0 spiro atoms. The maximum atomic E-state index is 13.2. The molecule has 1 aromatic carbocycles. The average Bonchev–Trinajstić information content (AvgIpc) is 2.71. The van der Waals surface area contributed by atoms with Gasteiger partial charge in [-0.05, 0) is 17.7 Å². The Morgan fingerprint density at radius 2 is 2.33 bits per heavy atom. The summed E-state index contributed by atoms with van der Waals surface area (Å²) >= 11 is 0. The molecule has 0 unspecified atom stereocenters. The Kier molecular flexibility index (Phi) is 2.46. The minimum Gasteiger partial charge on any atom is -0.333 e. The molecule has 2 aromatic rings. The highest BCUT2D eigenvalue weighted by molar-refractivity contribution is 5.33. The molecule has 0 radical (unpaired) electrons. The van der Waals surface area contributed by atoms with Crippen LogP contribution in [0, 0.1) is 17.1 Å². The average molecular weight is 201 g/mol. The second-order valence-electron chi connectivity index (χ2n) is 3.16. The Balaban J connectivity index is 2.24. The molecule has 4 heteroatoms. The van der Waals surface area contributed by atoms with E-state index in [-0.39, 0.29) is 5.56 Å². The van der Waals surface area contributed by atoms with Gasteiger partial charge in [0.2, 0.25) is 0 Å². The maximum Gasteiger partial charge on any atom is 0.141 e. The van der Waals surface area contributed by atoms with Gasteiger partial charge in [0.1, 0.15) is 11.9 Å². The van der Waals surface area contributed by atoms with Gasteiger partial charge in [0.15, 0.2) is 0 Å². The lowest BCUT2D eigenvalue weighted by Crippen LogP contribution is -1.97. The van der Waals surface area contributed by atoms with Gasteiger partial charge in [-0.25, -0.2) is 9.37 Å². The van der Waals surface area contributed by atoms with E-state index in [1.165, 1.54) is 12.1 Å². The number of rotatable bonds is 2. The molecule has 0 fully saturated rings. The molecular weight excluding hydrogens is 193 g/mol. The number of hydrogen-bond donors (Lipinski definition) is 0. The monoisotopic (exact) mass is 201 g/mol. The summed E-state index contributed by atoms with van der Waals surface area (Å²) in [6.45, 7) is 0.558. The number of halogens is 1. The summed E-state index contributed by atoms with van der Waals surface area (Å²) in [6, 6.07) is 6.39. The first-order valence-electron chi connectivity index (χ1n) is 4.44. The van der Waals surface area contributed by atoms with E-state index < -0.39 is 5.82 Å². The van der Waals surface area contributed by atoms with E-state index in [0.29, 0.717) is 6.54 Å². The highest BCUT2D eigenvalue weighted by Gasteiger charge is 2.02. The predicted molar refractivity (Wildman–Crippen MR) is 52.4 cm³/mol. The summed E-state index contributed by atoms with van der Waals surface area (Å²) < 4.78 is 15.1. The van der Waals surface area contributed by atoms with Gasteiger partial charge in [-0.2, -0.15) is 5.26 Å². The van der Waals surface area contributed by atoms with Crippen molar-refractivity contribution in [2.75, 3.05) is 0 Å². The van der Waals surface area contributed by atoms with Crippen LogP contribution >= 0.6 is 0 Å². The van der Waals surface area contributed by atoms with Crippen molar-refractivity contribution in [2.45, 2.75) is 6.54 Å². The Bertz CT molecular complexity index is 497. The van der Waals surface area contributed by atoms with E-state index in [4.69, 9.17) is 5.26 Å². The van der Waals surface area contributed by atoms with Crippen LogP contribution in [0.1, 0.15) is 11.1 Å². The molecule has 0 aliphatic heterocycles. The molecule has 0 bridgehead atoms. The first-order valence-corrected chi connectivity index (χ1v) is 4.44. The zero-order valence-corrected chi connectivity index (χ0v) is 7.89. The van der Waals surface area contributed by atoms with Crippen LogP contribution in [0.3, 0.4) is 0 Å². The zero-order chi connectivity index (χ0) is 10.7. The zero-order valence-electron chi connectivity index (χ0n) is 7.89. The van der Waals surface area contributed by atoms with E-state index in [9.17, 15) is 4.39 Å². The molecule has 15 heavy (non-hydrogen) atoms. The Labute approximate surface area is 86.4 Å². The van der Waals surface area contributed by atoms with E-state index in [1.807, 2.05) is 4.57 Å². The largest absolute Gasteiger partial charge is 0.333 e. The van der Waals surface area contributed by atoms with Crippen LogP contribution in [0.25, 0.3) is 0 Å². The van der Waals surface area contributed by atoms with Gasteiger partial charge >= 0.3 is 0 Å². The first kappa shape index (κ1) is 9.41. The number of hydrogen-bond acceptors (Lipinski definition) is 2. The lowest BCUT2D eigenvalue weighted by molar-refractivity contribution is 0.619. The second-order valence-corrected chi connectivity index (χ2v) is 3.16. The normalized spacial score (nSPS) is 9.87. The number of nitriles is 1. The van der Waals surface area contributed by atoms with Gasteiger partial charge in [-0.1, -0.05) is 6.07 Å². The summed E-state index contributed by atoms with van der Waals surface area (Å²) in [7, 11) is 0. The lowest BCUT2D eigenvalue weighted by Gasteiger charge is -2.02. The molecule has 1 heterocycles. The summed E-state index contributed by atoms with van der Waals surface area (Å²) in [4.78, 5) is 3.89. The maximum absolute atomic E-state index is 13.2. The molecule has 0 saturated carbocycles. The van der Waals surface area contributed by atoms with Crippen molar-refractivity contribution in [2.24, 2.45) is 0 Å². The molecule has 74 valence electrons. The first-order chi connectivity index (χ1) is 7.29. The molecule has 0 N–H and O–H groups in total. The quantitative estimate of drug-likeness (QED) is 0.745. The summed E-state index contributed by atoms with van der Waals surface area (Å²) in [5.41, 5.74) is 0.883. The van der Waals surface area contributed by atoms with Gasteiger partial charge in [0.25, 0.3) is 0 Å². The fourth-order valence-electron chi connectivity index (χ4n) is 1.34. The van der Waals surface area contributed by atoms with Crippen LogP contribution in [0.4, 0.5) is 4.39 Å². The van der Waals surface area contributed by atoms with Crippen molar-refractivity contribution in [3.63, 3.8) is 0 Å². The van der Waals surface area contributed by atoms with E-state index >= 15 is 0 Å². The molecule has 0 aliphatic rings. The third-order valence-electron chi connectivity index (χ3n) is 2.08. The van der Waals surface area contributed by atoms with E-state index in [2.05, 4.69) is 4.98 Å². The molecule has 0 saturated heterocycles. The van der Waals surface area contributed by atoms with Gasteiger partial charge < -0.3 is 4.57 Å². The molecule has 2 rings (SSSR count). The number of benzene rings is 1. The fourth-order valence-corrected chi connectivity index (χ4v) is 1.34. The minimum atomic E-state index is -0.477. The summed E-state index contributed by atoms with van der Waals surface area (Å²) in [6.07, 6.45) is 5.13. The molecule has 0 atom stereocenters. The molecular formula is C11H8FN3. The highest BCUT2D eigenvalue weighted by Crippen LogP contribution is 2.10. The second kappa shape index (κ2) is 3.93. The number of imidazole rings is 1. The van der Waals surface area contributed by atoms with Crippen molar-refractivity contribution in [1.29, 1.82) is 5.26 Å². The van der Waals surface area contributed by atoms with E-state index in [0.717, 1.165) is 5.56 Å². The Morgan fingerprint density at radius 3 is 2.93 bits per heavy atom. The van der Waals surface area contributed by atoms with Gasteiger partial charge in [0.05, 0.1) is 11.9 Å². The summed E-state index contributed by atoms with van der Waals surface area (Å²) in [5.74, 6) is -0.477. The third-order valence-corrected chi connectivity index (χ3v) is 2.08. The van der Waals surface area contributed by atoms with Gasteiger partial charge in [-0.3, -0.25) is 0 Å². The van der Waals surface area contributed by atoms with Crippen LogP contribution in [0.2, 0.25) is 0 Å². The minimum absolute atomic E-state index is 0.0735. The molecule has 3 nitrogen and oxygen atoms in total. The van der Waals surface area contributed by atoms with Crippen LogP contribution in [-0.4, -0.2) is 9.55 Å². The molecule has 0 amide bonds. The smallest absolute Gasteiger partial charge is 0.141 e. The topological polar surface area (TPSA) is 41.6 Å². The Morgan fingerprint density at radius 1 is 1.47 bits per heavy atom. The number of aromatic nitrogens is 2. The number of nitrogens with zero attached hydrogens (tertiary/aromatic N) is 3.